The predicted octanol–water partition coefficient (Wildman–Crippen LogP) is 1.72. The molecule has 0 radical (unpaired) electrons. The van der Waals surface area contributed by atoms with Crippen LogP contribution in [0.1, 0.15) is 0 Å². The molecule has 1 amide bonds. The number of rotatable bonds is 6. The third-order valence-corrected chi connectivity index (χ3v) is 3.71. The van der Waals surface area contributed by atoms with Crippen LogP contribution in [0.3, 0.4) is 0 Å². The molecule has 0 saturated heterocycles. The van der Waals surface area contributed by atoms with Gasteiger partial charge in [-0.05, 0) is 12.1 Å². The number of anilines is 1. The van der Waals surface area contributed by atoms with E-state index in [1.165, 1.54) is 32.4 Å². The quantitative estimate of drug-likeness (QED) is 0.572. The van der Waals surface area contributed by atoms with Crippen LogP contribution in [-0.2, 0) is 14.3 Å². The summed E-state index contributed by atoms with van der Waals surface area (Å²) in [6.07, 6.45) is -5.55. The summed E-state index contributed by atoms with van der Waals surface area (Å²) >= 11 is 5.45. The zero-order valence-corrected chi connectivity index (χ0v) is 14.1. The van der Waals surface area contributed by atoms with E-state index in [9.17, 15) is 27.9 Å². The van der Waals surface area contributed by atoms with Gasteiger partial charge >= 0.3 is 12.1 Å². The van der Waals surface area contributed by atoms with Crippen molar-refractivity contribution in [3.05, 3.63) is 18.2 Å². The number of hydrogen-bond acceptors (Lipinski definition) is 6. The number of carbonyl (C=O) groups excluding carboxylic acids is 2. The number of aliphatic hydroxyl groups is 1. The number of esters is 1. The van der Waals surface area contributed by atoms with Gasteiger partial charge in [-0.3, -0.25) is 4.79 Å². The number of methoxy groups -OCH3 is 3. The first-order valence-electron chi connectivity index (χ1n) is 6.57. The molecule has 0 unspecified atom stereocenters. The number of halogens is 4. The minimum Gasteiger partial charge on any atom is -0.497 e. The van der Waals surface area contributed by atoms with Crippen molar-refractivity contribution in [2.75, 3.05) is 26.6 Å². The molecule has 0 heterocycles. The molecule has 0 saturated carbocycles. The van der Waals surface area contributed by atoms with E-state index < -0.39 is 29.0 Å². The Kier molecular flexibility index (Phi) is 6.49. The lowest BCUT2D eigenvalue weighted by molar-refractivity contribution is -0.260. The highest BCUT2D eigenvalue weighted by Gasteiger charge is 2.67. The largest absolute Gasteiger partial charge is 0.497 e. The van der Waals surface area contributed by atoms with Crippen LogP contribution >= 0.6 is 11.6 Å². The molecular weight excluding hydrogens is 371 g/mol. The first-order chi connectivity index (χ1) is 11.5. The lowest BCUT2D eigenvalue weighted by Gasteiger charge is -2.30. The van der Waals surface area contributed by atoms with Gasteiger partial charge in [0, 0.05) is 6.07 Å². The van der Waals surface area contributed by atoms with E-state index in [4.69, 9.17) is 21.1 Å². The fourth-order valence-corrected chi connectivity index (χ4v) is 2.07. The number of hydrogen-bond donors (Lipinski definition) is 2. The molecule has 0 bridgehead atoms. The van der Waals surface area contributed by atoms with Crippen molar-refractivity contribution in [1.82, 2.24) is 0 Å². The summed E-state index contributed by atoms with van der Waals surface area (Å²) in [6.45, 7) is 0. The summed E-state index contributed by atoms with van der Waals surface area (Å²) in [5.41, 5.74) is -4.28. The van der Waals surface area contributed by atoms with E-state index in [1.807, 2.05) is 0 Å². The van der Waals surface area contributed by atoms with Gasteiger partial charge in [0.25, 0.3) is 5.60 Å². The van der Waals surface area contributed by atoms with Crippen molar-refractivity contribution in [2.24, 2.45) is 0 Å². The Balaban J connectivity index is 3.16. The third kappa shape index (κ3) is 4.07. The molecule has 1 rings (SSSR count). The van der Waals surface area contributed by atoms with Gasteiger partial charge in [-0.15, -0.1) is 11.6 Å². The fraction of sp³-hybridized carbons (Fsp3) is 0.429. The van der Waals surface area contributed by atoms with E-state index in [0.29, 0.717) is 12.9 Å². The summed E-state index contributed by atoms with van der Waals surface area (Å²) in [6, 6.07) is 4.04. The standard InChI is InChI=1S/C14H15ClF3NO6/c1-23-7-4-5-8(9(6-7)24-2)19-11(20)10(15)13(22,12(21)25-3)14(16,17)18/h4-6,10,22H,1-3H3,(H,19,20)/t10-,13+/m0/s1. The summed E-state index contributed by atoms with van der Waals surface area (Å²) < 4.78 is 53.1. The van der Waals surface area contributed by atoms with Crippen LogP contribution in [-0.4, -0.2) is 55.5 Å². The zero-order valence-electron chi connectivity index (χ0n) is 13.3. The van der Waals surface area contributed by atoms with Crippen molar-refractivity contribution in [3.63, 3.8) is 0 Å². The molecule has 0 aromatic heterocycles. The Labute approximate surface area is 145 Å². The number of alkyl halides is 4. The highest BCUT2D eigenvalue weighted by atomic mass is 35.5. The van der Waals surface area contributed by atoms with Crippen molar-refractivity contribution in [3.8, 4) is 11.5 Å². The van der Waals surface area contributed by atoms with Crippen molar-refractivity contribution in [2.45, 2.75) is 17.2 Å². The highest BCUT2D eigenvalue weighted by Crippen LogP contribution is 2.38. The highest BCUT2D eigenvalue weighted by molar-refractivity contribution is 6.35. The molecule has 0 aliphatic heterocycles. The average molecular weight is 386 g/mol. The fourth-order valence-electron chi connectivity index (χ4n) is 1.81. The summed E-state index contributed by atoms with van der Waals surface area (Å²) in [5, 5.41) is 9.03. The van der Waals surface area contributed by atoms with Gasteiger partial charge in [0.1, 0.15) is 11.5 Å². The molecular formula is C14H15ClF3NO6. The van der Waals surface area contributed by atoms with Crippen LogP contribution < -0.4 is 14.8 Å². The first-order valence-corrected chi connectivity index (χ1v) is 7.01. The molecule has 0 aliphatic carbocycles. The number of nitrogens with one attached hydrogen (secondary N) is 1. The van der Waals surface area contributed by atoms with Crippen molar-refractivity contribution >= 4 is 29.2 Å². The maximum Gasteiger partial charge on any atom is 0.430 e. The van der Waals surface area contributed by atoms with Gasteiger partial charge in [-0.1, -0.05) is 0 Å². The van der Waals surface area contributed by atoms with Gasteiger partial charge in [-0.25, -0.2) is 4.79 Å². The second-order valence-electron chi connectivity index (χ2n) is 4.67. The van der Waals surface area contributed by atoms with Crippen molar-refractivity contribution < 1.29 is 42.1 Å². The maximum absolute atomic E-state index is 13.1. The van der Waals surface area contributed by atoms with Gasteiger partial charge < -0.3 is 24.6 Å². The second-order valence-corrected chi connectivity index (χ2v) is 5.11. The Morgan fingerprint density at radius 3 is 2.24 bits per heavy atom. The minimum absolute atomic E-state index is 0.0478. The van der Waals surface area contributed by atoms with E-state index in [1.54, 1.807) is 0 Å². The first kappa shape index (κ1) is 20.8. The Hall–Kier alpha value is -2.20. The molecule has 7 nitrogen and oxygen atoms in total. The van der Waals surface area contributed by atoms with E-state index in [0.717, 1.165) is 0 Å². The molecule has 0 fully saturated rings. The molecule has 1 aromatic rings. The number of benzene rings is 1. The summed E-state index contributed by atoms with van der Waals surface area (Å²) in [7, 11) is 3.25. The van der Waals surface area contributed by atoms with Crippen LogP contribution in [0, 0.1) is 0 Å². The minimum atomic E-state index is -5.55. The number of amides is 1. The molecule has 2 N–H and O–H groups in total. The summed E-state index contributed by atoms with van der Waals surface area (Å²) in [4.78, 5) is 23.4. The lowest BCUT2D eigenvalue weighted by Crippen LogP contribution is -2.62. The zero-order chi connectivity index (χ0) is 19.4. The molecule has 0 spiro atoms. The smallest absolute Gasteiger partial charge is 0.430 e. The van der Waals surface area contributed by atoms with Crippen LogP contribution in [0.5, 0.6) is 11.5 Å². The molecule has 140 valence electrons. The third-order valence-electron chi connectivity index (χ3n) is 3.19. The lowest BCUT2D eigenvalue weighted by atomic mass is 9.97. The van der Waals surface area contributed by atoms with E-state index >= 15 is 0 Å². The predicted molar refractivity (Wildman–Crippen MR) is 80.8 cm³/mol. The van der Waals surface area contributed by atoms with E-state index in [-0.39, 0.29) is 11.4 Å². The molecule has 25 heavy (non-hydrogen) atoms. The maximum atomic E-state index is 13.1. The molecule has 11 heteroatoms. The monoisotopic (exact) mass is 385 g/mol. The van der Waals surface area contributed by atoms with Gasteiger partial charge in [0.2, 0.25) is 5.91 Å². The van der Waals surface area contributed by atoms with Crippen LogP contribution in [0.2, 0.25) is 0 Å². The van der Waals surface area contributed by atoms with Gasteiger partial charge in [0.05, 0.1) is 27.0 Å². The Morgan fingerprint density at radius 1 is 1.20 bits per heavy atom. The van der Waals surface area contributed by atoms with Crippen molar-refractivity contribution in [1.29, 1.82) is 0 Å². The average Bonchev–Trinajstić information content (AvgIpc) is 2.58. The Morgan fingerprint density at radius 2 is 1.80 bits per heavy atom. The normalized spacial score (nSPS) is 14.9. The van der Waals surface area contributed by atoms with Crippen LogP contribution in [0.4, 0.5) is 18.9 Å². The topological polar surface area (TPSA) is 94.1 Å². The van der Waals surface area contributed by atoms with Crippen LogP contribution in [0.25, 0.3) is 0 Å². The SMILES string of the molecule is COC(=O)[C@](O)([C@@H](Cl)C(=O)Nc1ccc(OC)cc1OC)C(F)(F)F. The van der Waals surface area contributed by atoms with Crippen LogP contribution in [0.15, 0.2) is 18.2 Å². The number of carbonyl (C=O) groups is 2. The number of ether oxygens (including phenoxy) is 3. The van der Waals surface area contributed by atoms with Gasteiger partial charge in [-0.2, -0.15) is 13.2 Å². The summed E-state index contributed by atoms with van der Waals surface area (Å²) in [5.74, 6) is -3.18. The second kappa shape index (κ2) is 7.79. The van der Waals surface area contributed by atoms with Gasteiger partial charge in [0.15, 0.2) is 5.38 Å². The molecule has 0 aliphatic rings. The Bertz CT molecular complexity index is 654. The molecule has 2 atom stereocenters. The molecule has 1 aromatic carbocycles. The van der Waals surface area contributed by atoms with E-state index in [2.05, 4.69) is 10.1 Å².